The fourth-order valence-corrected chi connectivity index (χ4v) is 5.87. The lowest BCUT2D eigenvalue weighted by molar-refractivity contribution is -0.385. The lowest BCUT2D eigenvalue weighted by Gasteiger charge is -2.31. The first-order valence-corrected chi connectivity index (χ1v) is 11.6. The Bertz CT molecular complexity index is 997. The van der Waals surface area contributed by atoms with Crippen LogP contribution in [0.1, 0.15) is 36.2 Å². The third kappa shape index (κ3) is 4.65. The van der Waals surface area contributed by atoms with E-state index >= 15 is 0 Å². The number of nitro benzene ring substituents is 1. The molecular weight excluding hydrogens is 414 g/mol. The molecule has 1 aromatic carbocycles. The number of carbonyl (C=O) groups is 1. The molecule has 1 aliphatic rings. The lowest BCUT2D eigenvalue weighted by Crippen LogP contribution is -2.43. The third-order valence-electron chi connectivity index (χ3n) is 5.15. The van der Waals surface area contributed by atoms with Gasteiger partial charge in [0.05, 0.1) is 15.9 Å². The Kier molecular flexibility index (Phi) is 6.35. The molecule has 0 radical (unpaired) electrons. The van der Waals surface area contributed by atoms with Crippen LogP contribution in [-0.2, 0) is 14.8 Å². The molecule has 1 amide bonds. The number of nitro groups is 1. The molecule has 1 atom stereocenters. The summed E-state index contributed by atoms with van der Waals surface area (Å²) < 4.78 is 27.3. The van der Waals surface area contributed by atoms with Crippen molar-refractivity contribution in [3.05, 3.63) is 56.3 Å². The molecule has 1 N–H and O–H groups in total. The van der Waals surface area contributed by atoms with Gasteiger partial charge in [-0.2, -0.15) is 4.31 Å². The van der Waals surface area contributed by atoms with E-state index in [-0.39, 0.29) is 41.5 Å². The molecular formula is C19H23N3O5S2. The van der Waals surface area contributed by atoms with Crippen LogP contribution >= 0.6 is 11.3 Å². The average molecular weight is 438 g/mol. The van der Waals surface area contributed by atoms with Gasteiger partial charge in [0.1, 0.15) is 0 Å². The van der Waals surface area contributed by atoms with E-state index in [9.17, 15) is 23.3 Å². The van der Waals surface area contributed by atoms with Crippen molar-refractivity contribution in [2.24, 2.45) is 5.92 Å². The first kappa shape index (κ1) is 21.4. The van der Waals surface area contributed by atoms with Crippen LogP contribution in [0.2, 0.25) is 0 Å². The first-order chi connectivity index (χ1) is 13.7. The second-order valence-corrected chi connectivity index (χ2v) is 10.0. The minimum absolute atomic E-state index is 0.0547. The van der Waals surface area contributed by atoms with Crippen LogP contribution in [0.5, 0.6) is 0 Å². The highest BCUT2D eigenvalue weighted by molar-refractivity contribution is 7.89. The van der Waals surface area contributed by atoms with Crippen molar-refractivity contribution in [3.8, 4) is 0 Å². The monoisotopic (exact) mass is 437 g/mol. The number of thiophene rings is 1. The highest BCUT2D eigenvalue weighted by Gasteiger charge is 2.34. The molecule has 1 aliphatic heterocycles. The zero-order valence-corrected chi connectivity index (χ0v) is 17.8. The molecule has 1 saturated heterocycles. The third-order valence-corrected chi connectivity index (χ3v) is 8.25. The molecule has 1 unspecified atom stereocenters. The molecule has 29 heavy (non-hydrogen) atoms. The predicted octanol–water partition coefficient (Wildman–Crippen LogP) is 3.24. The molecule has 0 bridgehead atoms. The summed E-state index contributed by atoms with van der Waals surface area (Å²) in [6.07, 6.45) is 0.826. The summed E-state index contributed by atoms with van der Waals surface area (Å²) >= 11 is 1.58. The number of benzene rings is 1. The van der Waals surface area contributed by atoms with Gasteiger partial charge in [0, 0.05) is 36.0 Å². The highest BCUT2D eigenvalue weighted by atomic mass is 32.2. The van der Waals surface area contributed by atoms with Gasteiger partial charge < -0.3 is 5.32 Å². The summed E-state index contributed by atoms with van der Waals surface area (Å²) in [4.78, 5) is 24.0. The molecule has 2 heterocycles. The molecule has 2 aromatic rings. The molecule has 0 aliphatic carbocycles. The Morgan fingerprint density at radius 2 is 2.00 bits per heavy atom. The van der Waals surface area contributed by atoms with E-state index in [2.05, 4.69) is 5.32 Å². The maximum atomic E-state index is 13.0. The number of hydrogen-bond donors (Lipinski definition) is 1. The number of nitrogens with zero attached hydrogens (tertiary/aromatic N) is 2. The maximum absolute atomic E-state index is 13.0. The number of sulfonamides is 1. The fraction of sp³-hybridized carbons (Fsp3) is 0.421. The van der Waals surface area contributed by atoms with Gasteiger partial charge in [0.2, 0.25) is 15.9 Å². The normalized spacial score (nSPS) is 17.0. The minimum Gasteiger partial charge on any atom is -0.349 e. The molecule has 1 fully saturated rings. The van der Waals surface area contributed by atoms with E-state index in [1.807, 2.05) is 24.4 Å². The van der Waals surface area contributed by atoms with Crippen LogP contribution in [0.15, 0.2) is 40.6 Å². The molecule has 3 rings (SSSR count). The summed E-state index contributed by atoms with van der Waals surface area (Å²) in [5.74, 6) is -0.329. The fourth-order valence-electron chi connectivity index (χ4n) is 3.42. The van der Waals surface area contributed by atoms with Crippen molar-refractivity contribution in [1.29, 1.82) is 0 Å². The zero-order chi connectivity index (χ0) is 21.2. The topological polar surface area (TPSA) is 110 Å². The van der Waals surface area contributed by atoms with Crippen molar-refractivity contribution in [3.63, 3.8) is 0 Å². The summed E-state index contributed by atoms with van der Waals surface area (Å²) in [6, 6.07) is 7.65. The highest BCUT2D eigenvalue weighted by Crippen LogP contribution is 2.29. The molecule has 0 saturated carbocycles. The Morgan fingerprint density at radius 3 is 2.59 bits per heavy atom. The van der Waals surface area contributed by atoms with Gasteiger partial charge in [-0.3, -0.25) is 14.9 Å². The SMILES string of the molecule is Cc1ccc([N+](=O)[O-])cc1S(=O)(=O)N1CCC(C(=O)NC(C)c2cccs2)CC1. The average Bonchev–Trinajstić information content (AvgIpc) is 3.23. The minimum atomic E-state index is -3.86. The lowest BCUT2D eigenvalue weighted by atomic mass is 9.97. The van der Waals surface area contributed by atoms with Crippen LogP contribution in [0, 0.1) is 23.0 Å². The Labute approximate surface area is 173 Å². The Hall–Kier alpha value is -2.30. The number of hydrogen-bond acceptors (Lipinski definition) is 6. The quantitative estimate of drug-likeness (QED) is 0.551. The molecule has 0 spiro atoms. The van der Waals surface area contributed by atoms with E-state index in [4.69, 9.17) is 0 Å². The summed E-state index contributed by atoms with van der Waals surface area (Å²) in [5, 5.41) is 16.0. The van der Waals surface area contributed by atoms with Crippen LogP contribution in [0.25, 0.3) is 0 Å². The van der Waals surface area contributed by atoms with Crippen LogP contribution in [-0.4, -0.2) is 36.6 Å². The number of aryl methyl sites for hydroxylation is 1. The van der Waals surface area contributed by atoms with Gasteiger partial charge in [-0.05, 0) is 43.7 Å². The first-order valence-electron chi connectivity index (χ1n) is 9.29. The Morgan fingerprint density at radius 1 is 1.31 bits per heavy atom. The predicted molar refractivity (Wildman–Crippen MR) is 110 cm³/mol. The molecule has 10 heteroatoms. The second-order valence-electron chi connectivity index (χ2n) is 7.13. The number of piperidine rings is 1. The van der Waals surface area contributed by atoms with Crippen molar-refractivity contribution >= 4 is 33.0 Å². The van der Waals surface area contributed by atoms with Gasteiger partial charge in [0.15, 0.2) is 0 Å². The zero-order valence-electron chi connectivity index (χ0n) is 16.2. The maximum Gasteiger partial charge on any atom is 0.270 e. The number of non-ortho nitro benzene ring substituents is 1. The van der Waals surface area contributed by atoms with Gasteiger partial charge in [-0.1, -0.05) is 12.1 Å². The van der Waals surface area contributed by atoms with E-state index in [0.717, 1.165) is 10.9 Å². The van der Waals surface area contributed by atoms with Crippen molar-refractivity contribution in [1.82, 2.24) is 9.62 Å². The standard InChI is InChI=1S/C19H23N3O5S2/c1-13-5-6-16(22(24)25)12-18(13)29(26,27)21-9-7-15(8-10-21)19(23)20-14(2)17-4-3-11-28-17/h3-6,11-12,14-15H,7-10H2,1-2H3,(H,20,23). The van der Waals surface area contributed by atoms with Gasteiger partial charge in [0.25, 0.3) is 5.69 Å². The summed E-state index contributed by atoms with van der Waals surface area (Å²) in [7, 11) is -3.86. The van der Waals surface area contributed by atoms with Crippen molar-refractivity contribution < 1.29 is 18.1 Å². The number of nitrogens with one attached hydrogen (secondary N) is 1. The Balaban J connectivity index is 1.66. The number of carbonyl (C=O) groups excluding carboxylic acids is 1. The van der Waals surface area contributed by atoms with Crippen LogP contribution in [0.3, 0.4) is 0 Å². The number of rotatable bonds is 6. The smallest absolute Gasteiger partial charge is 0.270 e. The van der Waals surface area contributed by atoms with Gasteiger partial charge in [-0.25, -0.2) is 8.42 Å². The van der Waals surface area contributed by atoms with Gasteiger partial charge in [-0.15, -0.1) is 11.3 Å². The summed E-state index contributed by atoms with van der Waals surface area (Å²) in [5.41, 5.74) is 0.200. The van der Waals surface area contributed by atoms with Crippen LogP contribution < -0.4 is 5.32 Å². The van der Waals surface area contributed by atoms with Gasteiger partial charge >= 0.3 is 0 Å². The van der Waals surface area contributed by atoms with Crippen LogP contribution in [0.4, 0.5) is 5.69 Å². The van der Waals surface area contributed by atoms with E-state index in [1.165, 1.54) is 16.4 Å². The second kappa shape index (κ2) is 8.60. The van der Waals surface area contributed by atoms with E-state index in [1.54, 1.807) is 18.3 Å². The van der Waals surface area contributed by atoms with Crippen molar-refractivity contribution in [2.75, 3.05) is 13.1 Å². The summed E-state index contributed by atoms with van der Waals surface area (Å²) in [6.45, 7) is 3.95. The van der Waals surface area contributed by atoms with E-state index < -0.39 is 14.9 Å². The largest absolute Gasteiger partial charge is 0.349 e. The molecule has 156 valence electrons. The van der Waals surface area contributed by atoms with E-state index in [0.29, 0.717) is 18.4 Å². The van der Waals surface area contributed by atoms with Crippen molar-refractivity contribution in [2.45, 2.75) is 37.6 Å². The molecule has 8 nitrogen and oxygen atoms in total. The number of amides is 1. The molecule has 1 aromatic heterocycles.